The fourth-order valence-electron chi connectivity index (χ4n) is 3.57. The highest BCUT2D eigenvalue weighted by atomic mass is 16.5. The molecule has 0 spiro atoms. The molecule has 0 saturated heterocycles. The first kappa shape index (κ1) is 14.7. The smallest absolute Gasteiger partial charge is 0.165 e. The molecule has 1 unspecified atom stereocenters. The molecular formula is C17H25NO3. The van der Waals surface area contributed by atoms with E-state index in [9.17, 15) is 5.11 Å². The first-order chi connectivity index (χ1) is 10.1. The maximum Gasteiger partial charge on any atom is 0.165 e. The predicted octanol–water partition coefficient (Wildman–Crippen LogP) is 2.54. The summed E-state index contributed by atoms with van der Waals surface area (Å²) in [6.07, 6.45) is 2.46. The fourth-order valence-corrected chi connectivity index (χ4v) is 3.57. The van der Waals surface area contributed by atoms with E-state index < -0.39 is 0 Å². The number of ether oxygens (including phenoxy) is 2. The minimum absolute atomic E-state index is 0.103. The van der Waals surface area contributed by atoms with Crippen LogP contribution in [0.5, 0.6) is 11.5 Å². The zero-order valence-corrected chi connectivity index (χ0v) is 13.1. The summed E-state index contributed by atoms with van der Waals surface area (Å²) in [6, 6.07) is 4.17. The van der Waals surface area contributed by atoms with E-state index in [2.05, 4.69) is 24.9 Å². The molecule has 0 amide bonds. The Morgan fingerprint density at radius 3 is 2.90 bits per heavy atom. The van der Waals surface area contributed by atoms with Crippen LogP contribution in [0.15, 0.2) is 12.1 Å². The first-order valence-corrected chi connectivity index (χ1v) is 7.87. The Morgan fingerprint density at radius 1 is 1.38 bits per heavy atom. The molecule has 1 N–H and O–H groups in total. The number of methoxy groups -OCH3 is 1. The molecule has 1 fully saturated rings. The third-order valence-electron chi connectivity index (χ3n) is 4.85. The topological polar surface area (TPSA) is 41.9 Å². The summed E-state index contributed by atoms with van der Waals surface area (Å²) in [5, 5.41) is 9.90. The zero-order valence-electron chi connectivity index (χ0n) is 13.1. The van der Waals surface area contributed by atoms with Gasteiger partial charge >= 0.3 is 0 Å². The average Bonchev–Trinajstić information content (AvgIpc) is 2.86. The minimum atomic E-state index is -0.228. The van der Waals surface area contributed by atoms with Crippen molar-refractivity contribution in [1.29, 1.82) is 0 Å². The summed E-state index contributed by atoms with van der Waals surface area (Å²) in [7, 11) is 3.82. The normalized spacial score (nSPS) is 27.2. The van der Waals surface area contributed by atoms with Gasteiger partial charge in [0.25, 0.3) is 0 Å². The molecule has 0 radical (unpaired) electrons. The highest BCUT2D eigenvalue weighted by Gasteiger charge is 2.41. The van der Waals surface area contributed by atoms with Gasteiger partial charge in [-0.1, -0.05) is 13.0 Å². The highest BCUT2D eigenvalue weighted by molar-refractivity contribution is 5.55. The van der Waals surface area contributed by atoms with Gasteiger partial charge in [-0.05, 0) is 38.1 Å². The molecule has 4 nitrogen and oxygen atoms in total. The number of benzene rings is 1. The highest BCUT2D eigenvalue weighted by Crippen LogP contribution is 2.51. The maximum absolute atomic E-state index is 9.90. The van der Waals surface area contributed by atoms with Crippen molar-refractivity contribution in [3.63, 3.8) is 0 Å². The van der Waals surface area contributed by atoms with E-state index >= 15 is 0 Å². The molecular weight excluding hydrogens is 266 g/mol. The zero-order chi connectivity index (χ0) is 15.0. The first-order valence-electron chi connectivity index (χ1n) is 7.87. The Bertz CT molecular complexity index is 517. The number of aliphatic hydroxyl groups is 1. The quantitative estimate of drug-likeness (QED) is 0.925. The van der Waals surface area contributed by atoms with Crippen LogP contribution in [-0.2, 0) is 6.54 Å². The second-order valence-corrected chi connectivity index (χ2v) is 6.23. The van der Waals surface area contributed by atoms with Crippen LogP contribution in [0.25, 0.3) is 0 Å². The number of hydrogen-bond acceptors (Lipinski definition) is 4. The standard InChI is InChI=1S/C17H25NO3/c1-4-18(2)10-11-5-8-14(20-3)17-16(11)13-7-6-12(19)9-15(13)21-17/h5,8,12-13,15,19H,4,6-7,9-10H2,1-3H3/t12-,13?,15-/m0/s1. The van der Waals surface area contributed by atoms with Crippen LogP contribution in [0.2, 0.25) is 0 Å². The van der Waals surface area contributed by atoms with Gasteiger partial charge in [0.15, 0.2) is 11.5 Å². The molecule has 1 aliphatic heterocycles. The molecule has 1 aromatic rings. The van der Waals surface area contributed by atoms with E-state index in [4.69, 9.17) is 9.47 Å². The van der Waals surface area contributed by atoms with Gasteiger partial charge in [-0.3, -0.25) is 0 Å². The minimum Gasteiger partial charge on any atom is -0.493 e. The van der Waals surface area contributed by atoms with Crippen molar-refractivity contribution in [3.8, 4) is 11.5 Å². The molecule has 0 aromatic heterocycles. The Labute approximate surface area is 126 Å². The van der Waals surface area contributed by atoms with Crippen LogP contribution in [0.1, 0.15) is 43.2 Å². The van der Waals surface area contributed by atoms with Crippen molar-refractivity contribution in [2.24, 2.45) is 0 Å². The van der Waals surface area contributed by atoms with Gasteiger partial charge in [-0.2, -0.15) is 0 Å². The lowest BCUT2D eigenvalue weighted by atomic mass is 9.80. The molecule has 1 heterocycles. The number of fused-ring (bicyclic) bond motifs is 3. The Kier molecular flexibility index (Phi) is 4.09. The third-order valence-corrected chi connectivity index (χ3v) is 4.85. The van der Waals surface area contributed by atoms with Gasteiger partial charge < -0.3 is 19.5 Å². The van der Waals surface area contributed by atoms with Crippen molar-refractivity contribution in [2.75, 3.05) is 20.7 Å². The molecule has 2 aliphatic rings. The third kappa shape index (κ3) is 2.62. The second-order valence-electron chi connectivity index (χ2n) is 6.23. The van der Waals surface area contributed by atoms with Crippen molar-refractivity contribution in [1.82, 2.24) is 4.90 Å². The largest absolute Gasteiger partial charge is 0.493 e. The summed E-state index contributed by atoms with van der Waals surface area (Å²) in [4.78, 5) is 2.30. The fraction of sp³-hybridized carbons (Fsp3) is 0.647. The van der Waals surface area contributed by atoms with Crippen LogP contribution < -0.4 is 9.47 Å². The Balaban J connectivity index is 1.98. The van der Waals surface area contributed by atoms with Gasteiger partial charge in [0.05, 0.1) is 13.2 Å². The number of rotatable bonds is 4. The second kappa shape index (κ2) is 5.85. The number of nitrogens with zero attached hydrogens (tertiary/aromatic N) is 1. The molecule has 4 heteroatoms. The lowest BCUT2D eigenvalue weighted by molar-refractivity contribution is 0.0541. The molecule has 0 bridgehead atoms. The Morgan fingerprint density at radius 2 is 2.19 bits per heavy atom. The van der Waals surface area contributed by atoms with E-state index in [1.165, 1.54) is 11.1 Å². The molecule has 1 aromatic carbocycles. The van der Waals surface area contributed by atoms with Gasteiger partial charge in [0, 0.05) is 24.4 Å². The SMILES string of the molecule is CCN(C)Cc1ccc(OC)c2c1C1CC[C@H](O)C[C@@H]1O2. The van der Waals surface area contributed by atoms with Crippen LogP contribution >= 0.6 is 0 Å². The molecule has 116 valence electrons. The number of aliphatic hydroxyl groups excluding tert-OH is 1. The van der Waals surface area contributed by atoms with Crippen molar-refractivity contribution in [3.05, 3.63) is 23.3 Å². The van der Waals surface area contributed by atoms with Crippen LogP contribution in [0.3, 0.4) is 0 Å². The molecule has 1 saturated carbocycles. The summed E-state index contributed by atoms with van der Waals surface area (Å²) in [5.41, 5.74) is 2.64. The summed E-state index contributed by atoms with van der Waals surface area (Å²) >= 11 is 0. The summed E-state index contributed by atoms with van der Waals surface area (Å²) < 4.78 is 11.6. The van der Waals surface area contributed by atoms with Gasteiger partial charge in [0.1, 0.15) is 6.10 Å². The van der Waals surface area contributed by atoms with Gasteiger partial charge in [-0.25, -0.2) is 0 Å². The Hall–Kier alpha value is -1.26. The monoisotopic (exact) mass is 291 g/mol. The molecule has 21 heavy (non-hydrogen) atoms. The molecule has 3 rings (SSSR count). The van der Waals surface area contributed by atoms with E-state index in [-0.39, 0.29) is 12.2 Å². The van der Waals surface area contributed by atoms with Crippen molar-refractivity contribution in [2.45, 2.75) is 50.9 Å². The van der Waals surface area contributed by atoms with Gasteiger partial charge in [-0.15, -0.1) is 0 Å². The van der Waals surface area contributed by atoms with E-state index in [0.717, 1.165) is 43.9 Å². The number of hydrogen-bond donors (Lipinski definition) is 1. The molecule has 1 aliphatic carbocycles. The van der Waals surface area contributed by atoms with Crippen LogP contribution in [0, 0.1) is 0 Å². The van der Waals surface area contributed by atoms with Crippen LogP contribution in [-0.4, -0.2) is 42.9 Å². The van der Waals surface area contributed by atoms with E-state index in [1.54, 1.807) is 7.11 Å². The lowest BCUT2D eigenvalue weighted by Gasteiger charge is -2.28. The summed E-state index contributed by atoms with van der Waals surface area (Å²) in [6.45, 7) is 4.12. The van der Waals surface area contributed by atoms with E-state index in [0.29, 0.717) is 5.92 Å². The lowest BCUT2D eigenvalue weighted by Crippen LogP contribution is -2.31. The van der Waals surface area contributed by atoms with E-state index in [1.807, 2.05) is 6.07 Å². The molecule has 3 atom stereocenters. The van der Waals surface area contributed by atoms with Crippen LogP contribution in [0.4, 0.5) is 0 Å². The van der Waals surface area contributed by atoms with Crippen molar-refractivity contribution >= 4 is 0 Å². The maximum atomic E-state index is 9.90. The van der Waals surface area contributed by atoms with Crippen molar-refractivity contribution < 1.29 is 14.6 Å². The average molecular weight is 291 g/mol. The van der Waals surface area contributed by atoms with Gasteiger partial charge in [0.2, 0.25) is 0 Å². The predicted molar refractivity (Wildman–Crippen MR) is 82.0 cm³/mol. The summed E-state index contributed by atoms with van der Waals surface area (Å²) in [5.74, 6) is 2.12.